The SMILES string of the molecule is O=C(C=Cc1ccc(C(=O)N2CCN(c3cccc(Cl)c3Cl)CC2)cc1)c1cc2ccccc2nc1N1CCCC1. The molecule has 6 nitrogen and oxygen atoms in total. The quantitative estimate of drug-likeness (QED) is 0.180. The molecule has 0 spiro atoms. The average Bonchev–Trinajstić information content (AvgIpc) is 3.56. The molecule has 208 valence electrons. The third-order valence-corrected chi connectivity index (χ3v) is 8.61. The fourth-order valence-corrected chi connectivity index (χ4v) is 5.94. The van der Waals surface area contributed by atoms with Gasteiger partial charge in [0.2, 0.25) is 0 Å². The van der Waals surface area contributed by atoms with E-state index < -0.39 is 0 Å². The summed E-state index contributed by atoms with van der Waals surface area (Å²) in [4.78, 5) is 37.6. The lowest BCUT2D eigenvalue weighted by Gasteiger charge is -2.36. The van der Waals surface area contributed by atoms with Crippen LogP contribution in [0, 0.1) is 0 Å². The number of hydrogen-bond donors (Lipinski definition) is 0. The van der Waals surface area contributed by atoms with E-state index >= 15 is 0 Å². The number of benzene rings is 3. The number of carbonyl (C=O) groups is 2. The summed E-state index contributed by atoms with van der Waals surface area (Å²) < 4.78 is 0. The van der Waals surface area contributed by atoms with Crippen molar-refractivity contribution in [1.82, 2.24) is 9.88 Å². The molecule has 2 aliphatic heterocycles. The van der Waals surface area contributed by atoms with E-state index in [9.17, 15) is 9.59 Å². The lowest BCUT2D eigenvalue weighted by Crippen LogP contribution is -2.48. The summed E-state index contributed by atoms with van der Waals surface area (Å²) in [5.41, 5.74) is 3.88. The zero-order valence-corrected chi connectivity index (χ0v) is 24.1. The molecule has 3 heterocycles. The van der Waals surface area contributed by atoms with Crippen LogP contribution in [0.25, 0.3) is 17.0 Å². The lowest BCUT2D eigenvalue weighted by molar-refractivity contribution is 0.0746. The molecule has 4 aromatic rings. The van der Waals surface area contributed by atoms with Gasteiger partial charge in [0.1, 0.15) is 5.82 Å². The number of rotatable bonds is 6. The topological polar surface area (TPSA) is 56.8 Å². The number of piperazine rings is 1. The minimum atomic E-state index is -0.0806. The highest BCUT2D eigenvalue weighted by molar-refractivity contribution is 6.43. The van der Waals surface area contributed by atoms with Gasteiger partial charge in [-0.15, -0.1) is 0 Å². The van der Waals surface area contributed by atoms with Crippen LogP contribution in [0.3, 0.4) is 0 Å². The van der Waals surface area contributed by atoms with E-state index in [0.29, 0.717) is 47.4 Å². The second-order valence-electron chi connectivity index (χ2n) is 10.4. The summed E-state index contributed by atoms with van der Waals surface area (Å²) in [6, 6.07) is 22.8. The number of anilines is 2. The summed E-state index contributed by atoms with van der Waals surface area (Å²) in [5.74, 6) is 0.670. The van der Waals surface area contributed by atoms with Crippen LogP contribution in [-0.2, 0) is 0 Å². The molecule has 6 rings (SSSR count). The van der Waals surface area contributed by atoms with Crippen LogP contribution in [0.15, 0.2) is 78.9 Å². The first-order chi connectivity index (χ1) is 20.0. The molecule has 0 radical (unpaired) electrons. The van der Waals surface area contributed by atoms with Crippen LogP contribution in [0.2, 0.25) is 10.0 Å². The highest BCUT2D eigenvalue weighted by atomic mass is 35.5. The number of nitrogens with zero attached hydrogens (tertiary/aromatic N) is 4. The highest BCUT2D eigenvalue weighted by Gasteiger charge is 2.24. The molecule has 2 aliphatic rings. The molecule has 3 aromatic carbocycles. The fourth-order valence-electron chi connectivity index (χ4n) is 5.53. The number of amides is 1. The summed E-state index contributed by atoms with van der Waals surface area (Å²) in [6.07, 6.45) is 5.61. The summed E-state index contributed by atoms with van der Waals surface area (Å²) in [6.45, 7) is 4.37. The number of pyridine rings is 1. The Morgan fingerprint density at radius 2 is 1.51 bits per heavy atom. The zero-order valence-electron chi connectivity index (χ0n) is 22.6. The molecule has 0 aliphatic carbocycles. The Morgan fingerprint density at radius 1 is 0.780 bits per heavy atom. The monoisotopic (exact) mass is 584 g/mol. The first-order valence-corrected chi connectivity index (χ1v) is 14.7. The molecule has 1 amide bonds. The van der Waals surface area contributed by atoms with Gasteiger partial charge >= 0.3 is 0 Å². The number of para-hydroxylation sites is 1. The number of allylic oxidation sites excluding steroid dienone is 1. The van der Waals surface area contributed by atoms with E-state index in [0.717, 1.165) is 53.9 Å². The predicted molar refractivity (Wildman–Crippen MR) is 168 cm³/mol. The van der Waals surface area contributed by atoms with Crippen molar-refractivity contribution in [3.8, 4) is 0 Å². The molecule has 2 saturated heterocycles. The Kier molecular flexibility index (Phi) is 7.95. The third-order valence-electron chi connectivity index (χ3n) is 7.80. The Morgan fingerprint density at radius 3 is 2.27 bits per heavy atom. The second-order valence-corrected chi connectivity index (χ2v) is 11.2. The molecule has 8 heteroatoms. The predicted octanol–water partition coefficient (Wildman–Crippen LogP) is 7.00. The van der Waals surface area contributed by atoms with E-state index in [2.05, 4.69) is 9.80 Å². The molecule has 0 bridgehead atoms. The minimum absolute atomic E-state index is 0.00839. The first-order valence-electron chi connectivity index (χ1n) is 13.9. The highest BCUT2D eigenvalue weighted by Crippen LogP contribution is 2.33. The van der Waals surface area contributed by atoms with Gasteiger partial charge in [-0.05, 0) is 60.9 Å². The maximum Gasteiger partial charge on any atom is 0.253 e. The van der Waals surface area contributed by atoms with Crippen molar-refractivity contribution < 1.29 is 9.59 Å². The van der Waals surface area contributed by atoms with Gasteiger partial charge in [-0.3, -0.25) is 9.59 Å². The van der Waals surface area contributed by atoms with Crippen molar-refractivity contribution in [1.29, 1.82) is 0 Å². The van der Waals surface area contributed by atoms with Crippen LogP contribution >= 0.6 is 23.2 Å². The maximum atomic E-state index is 13.4. The molecular formula is C33H30Cl2N4O2. The van der Waals surface area contributed by atoms with Gasteiger partial charge in [0.25, 0.3) is 5.91 Å². The van der Waals surface area contributed by atoms with Gasteiger partial charge in [0.05, 0.1) is 26.8 Å². The summed E-state index contributed by atoms with van der Waals surface area (Å²) in [7, 11) is 0. The van der Waals surface area contributed by atoms with E-state index in [1.165, 1.54) is 0 Å². The number of ketones is 1. The Balaban J connectivity index is 1.12. The number of aromatic nitrogens is 1. The molecule has 2 fully saturated rings. The number of hydrogen-bond acceptors (Lipinski definition) is 5. The van der Waals surface area contributed by atoms with E-state index in [1.54, 1.807) is 18.2 Å². The van der Waals surface area contributed by atoms with Crippen molar-refractivity contribution in [2.24, 2.45) is 0 Å². The van der Waals surface area contributed by atoms with Gasteiger partial charge in [-0.1, -0.05) is 65.7 Å². The van der Waals surface area contributed by atoms with E-state index in [-0.39, 0.29) is 11.7 Å². The molecule has 0 unspecified atom stereocenters. The molecule has 0 saturated carbocycles. The van der Waals surface area contributed by atoms with Crippen molar-refractivity contribution in [2.45, 2.75) is 12.8 Å². The zero-order chi connectivity index (χ0) is 28.3. The van der Waals surface area contributed by atoms with Gasteiger partial charge in [-0.25, -0.2) is 4.98 Å². The maximum absolute atomic E-state index is 13.4. The van der Waals surface area contributed by atoms with E-state index in [4.69, 9.17) is 28.2 Å². The van der Waals surface area contributed by atoms with E-state index in [1.807, 2.05) is 71.6 Å². The van der Waals surface area contributed by atoms with Crippen LogP contribution in [0.1, 0.15) is 39.1 Å². The fraction of sp³-hybridized carbons (Fsp3) is 0.242. The summed E-state index contributed by atoms with van der Waals surface area (Å²) >= 11 is 12.6. The average molecular weight is 586 g/mol. The molecule has 1 aromatic heterocycles. The Bertz CT molecular complexity index is 1620. The van der Waals surface area contributed by atoms with Crippen LogP contribution in [0.5, 0.6) is 0 Å². The molecule has 0 atom stereocenters. The van der Waals surface area contributed by atoms with Crippen molar-refractivity contribution in [3.63, 3.8) is 0 Å². The van der Waals surface area contributed by atoms with Crippen molar-refractivity contribution >= 4 is 63.4 Å². The first kappa shape index (κ1) is 27.3. The number of carbonyl (C=O) groups excluding carboxylic acids is 2. The summed E-state index contributed by atoms with van der Waals surface area (Å²) in [5, 5.41) is 2.02. The van der Waals surface area contributed by atoms with Gasteiger partial charge in [0.15, 0.2) is 5.78 Å². The third kappa shape index (κ3) is 5.81. The lowest BCUT2D eigenvalue weighted by atomic mass is 10.1. The van der Waals surface area contributed by atoms with Crippen LogP contribution < -0.4 is 9.80 Å². The van der Waals surface area contributed by atoms with Crippen LogP contribution in [0.4, 0.5) is 11.5 Å². The standard InChI is InChI=1S/C33H30Cl2N4O2/c34-27-7-5-9-29(31(27)35)37-18-20-39(21-19-37)33(41)24-13-10-23(11-14-24)12-15-30(40)26-22-25-6-1-2-8-28(25)36-32(26)38-16-3-4-17-38/h1-2,5-15,22H,3-4,16-21H2. The molecule has 0 N–H and O–H groups in total. The number of halogens is 2. The Labute approximate surface area is 249 Å². The second kappa shape index (κ2) is 11.9. The van der Waals surface area contributed by atoms with Crippen molar-refractivity contribution in [3.05, 3.63) is 106 Å². The van der Waals surface area contributed by atoms with Gasteiger partial charge in [-0.2, -0.15) is 0 Å². The molecular weight excluding hydrogens is 555 g/mol. The molecule has 41 heavy (non-hydrogen) atoms. The van der Waals surface area contributed by atoms with Crippen molar-refractivity contribution in [2.75, 3.05) is 49.1 Å². The smallest absolute Gasteiger partial charge is 0.253 e. The van der Waals surface area contributed by atoms with Gasteiger partial charge < -0.3 is 14.7 Å². The Hall–Kier alpha value is -3.87. The number of fused-ring (bicyclic) bond motifs is 1. The minimum Gasteiger partial charge on any atom is -0.367 e. The normalized spacial score (nSPS) is 15.7. The largest absolute Gasteiger partial charge is 0.367 e. The van der Waals surface area contributed by atoms with Gasteiger partial charge in [0, 0.05) is 50.2 Å². The van der Waals surface area contributed by atoms with Crippen LogP contribution in [-0.4, -0.2) is 60.8 Å².